The summed E-state index contributed by atoms with van der Waals surface area (Å²) >= 11 is 0. The number of rotatable bonds is 7. The summed E-state index contributed by atoms with van der Waals surface area (Å²) in [6.45, 7) is 8.03. The van der Waals surface area contributed by atoms with Crippen LogP contribution < -0.4 is 11.1 Å². The van der Waals surface area contributed by atoms with Crippen molar-refractivity contribution in [1.82, 2.24) is 5.32 Å². The van der Waals surface area contributed by atoms with Crippen LogP contribution >= 0.6 is 0 Å². The first-order valence-electron chi connectivity index (χ1n) is 5.83. The van der Waals surface area contributed by atoms with E-state index in [1.165, 1.54) is 0 Å². The molecule has 0 aliphatic carbocycles. The second-order valence-corrected chi connectivity index (χ2v) is 6.35. The Bertz CT molecular complexity index is 246. The summed E-state index contributed by atoms with van der Waals surface area (Å²) in [5.41, 5.74) is 5.41. The first-order valence-corrected chi connectivity index (χ1v) is 7.11. The molecule has 0 rings (SSSR count). The molecule has 3 N–H and O–H groups in total. The van der Waals surface area contributed by atoms with Crippen molar-refractivity contribution in [3.8, 4) is 0 Å². The standard InChI is InChI=1S/C11H24N2O2S/c1-5-8(2)13-11(14)10(4)16(15)9(3)6-7-12/h8-10H,5-7,12H2,1-4H3,(H,13,14). The zero-order chi connectivity index (χ0) is 12.7. The molecule has 16 heavy (non-hydrogen) atoms. The van der Waals surface area contributed by atoms with Crippen LogP contribution in [-0.4, -0.2) is 33.2 Å². The summed E-state index contributed by atoms with van der Waals surface area (Å²) in [5.74, 6) is -0.128. The third-order valence-electron chi connectivity index (χ3n) is 2.69. The Labute approximate surface area is 101 Å². The average molecular weight is 248 g/mol. The predicted molar refractivity (Wildman–Crippen MR) is 68.6 cm³/mol. The maximum absolute atomic E-state index is 11.9. The fourth-order valence-corrected chi connectivity index (χ4v) is 2.61. The van der Waals surface area contributed by atoms with Gasteiger partial charge in [-0.15, -0.1) is 0 Å². The van der Waals surface area contributed by atoms with E-state index in [2.05, 4.69) is 5.32 Å². The van der Waals surface area contributed by atoms with E-state index in [1.54, 1.807) is 6.92 Å². The average Bonchev–Trinajstić information content (AvgIpc) is 2.26. The van der Waals surface area contributed by atoms with Crippen LogP contribution in [0.5, 0.6) is 0 Å². The minimum atomic E-state index is -1.15. The van der Waals surface area contributed by atoms with Crippen LogP contribution in [0, 0.1) is 0 Å². The highest BCUT2D eigenvalue weighted by Crippen LogP contribution is 2.07. The highest BCUT2D eigenvalue weighted by molar-refractivity contribution is 7.87. The zero-order valence-electron chi connectivity index (χ0n) is 10.7. The molecule has 4 unspecified atom stereocenters. The molecule has 0 aromatic carbocycles. The van der Waals surface area contributed by atoms with Crippen molar-refractivity contribution in [3.05, 3.63) is 0 Å². The molecule has 0 bridgehead atoms. The molecule has 0 aliphatic rings. The number of carbonyl (C=O) groups is 1. The Hall–Kier alpha value is -0.420. The fourth-order valence-electron chi connectivity index (χ4n) is 1.27. The van der Waals surface area contributed by atoms with Crippen molar-refractivity contribution >= 4 is 16.7 Å². The lowest BCUT2D eigenvalue weighted by Crippen LogP contribution is -2.42. The number of nitrogens with two attached hydrogens (primary N) is 1. The number of hydrogen-bond donors (Lipinski definition) is 2. The van der Waals surface area contributed by atoms with Gasteiger partial charge in [0.25, 0.3) is 0 Å². The van der Waals surface area contributed by atoms with Gasteiger partial charge in [0.05, 0.1) is 0 Å². The first-order chi connectivity index (χ1) is 7.43. The SMILES string of the molecule is CCC(C)NC(=O)C(C)S(=O)C(C)CCN. The van der Waals surface area contributed by atoms with E-state index >= 15 is 0 Å². The van der Waals surface area contributed by atoms with Crippen LogP contribution in [0.3, 0.4) is 0 Å². The molecule has 1 amide bonds. The molecular formula is C11H24N2O2S. The number of carbonyl (C=O) groups excluding carboxylic acids is 1. The highest BCUT2D eigenvalue weighted by Gasteiger charge is 2.24. The monoisotopic (exact) mass is 248 g/mol. The van der Waals surface area contributed by atoms with Gasteiger partial charge < -0.3 is 11.1 Å². The summed E-state index contributed by atoms with van der Waals surface area (Å²) in [4.78, 5) is 11.7. The van der Waals surface area contributed by atoms with Crippen molar-refractivity contribution < 1.29 is 9.00 Å². The van der Waals surface area contributed by atoms with Crippen molar-refractivity contribution in [1.29, 1.82) is 0 Å². The van der Waals surface area contributed by atoms with Crippen LogP contribution in [0.4, 0.5) is 0 Å². The van der Waals surface area contributed by atoms with Crippen LogP contribution in [-0.2, 0) is 15.6 Å². The lowest BCUT2D eigenvalue weighted by Gasteiger charge is -2.19. The predicted octanol–water partition coefficient (Wildman–Crippen LogP) is 0.776. The summed E-state index contributed by atoms with van der Waals surface area (Å²) in [7, 11) is -1.15. The zero-order valence-corrected chi connectivity index (χ0v) is 11.5. The Kier molecular flexibility index (Phi) is 7.58. The second-order valence-electron chi connectivity index (χ2n) is 4.18. The van der Waals surface area contributed by atoms with Gasteiger partial charge in [-0.25, -0.2) is 0 Å². The molecule has 5 heteroatoms. The summed E-state index contributed by atoms with van der Waals surface area (Å²) < 4.78 is 11.9. The van der Waals surface area contributed by atoms with Gasteiger partial charge in [-0.1, -0.05) is 13.8 Å². The van der Waals surface area contributed by atoms with E-state index in [9.17, 15) is 9.00 Å². The van der Waals surface area contributed by atoms with Gasteiger partial charge in [0.1, 0.15) is 5.25 Å². The smallest absolute Gasteiger partial charge is 0.235 e. The Morgan fingerprint density at radius 3 is 2.38 bits per heavy atom. The van der Waals surface area contributed by atoms with Gasteiger partial charge in [0.15, 0.2) is 0 Å². The molecule has 0 saturated carbocycles. The molecular weight excluding hydrogens is 224 g/mol. The molecule has 0 spiro atoms. The molecule has 96 valence electrons. The van der Waals surface area contributed by atoms with Crippen LogP contribution in [0.25, 0.3) is 0 Å². The van der Waals surface area contributed by atoms with E-state index < -0.39 is 16.0 Å². The molecule has 0 aliphatic heterocycles. The number of amides is 1. The number of hydrogen-bond acceptors (Lipinski definition) is 3. The van der Waals surface area contributed by atoms with Gasteiger partial charge in [-0.05, 0) is 33.2 Å². The van der Waals surface area contributed by atoms with E-state index in [0.29, 0.717) is 13.0 Å². The Balaban J connectivity index is 4.26. The van der Waals surface area contributed by atoms with Gasteiger partial charge in [0, 0.05) is 22.1 Å². The van der Waals surface area contributed by atoms with Gasteiger partial charge in [-0.2, -0.15) is 0 Å². The molecule has 0 radical (unpaired) electrons. The van der Waals surface area contributed by atoms with E-state index in [-0.39, 0.29) is 17.2 Å². The molecule has 0 aromatic rings. The van der Waals surface area contributed by atoms with Crippen molar-refractivity contribution in [2.24, 2.45) is 5.73 Å². The minimum Gasteiger partial charge on any atom is -0.353 e. The maximum Gasteiger partial charge on any atom is 0.235 e. The molecule has 4 nitrogen and oxygen atoms in total. The van der Waals surface area contributed by atoms with Gasteiger partial charge in [0.2, 0.25) is 5.91 Å². The normalized spacial score (nSPS) is 18.6. The van der Waals surface area contributed by atoms with E-state index in [1.807, 2.05) is 20.8 Å². The molecule has 0 saturated heterocycles. The van der Waals surface area contributed by atoms with Gasteiger partial charge in [-0.3, -0.25) is 9.00 Å². The lowest BCUT2D eigenvalue weighted by molar-refractivity contribution is -0.121. The molecule has 4 atom stereocenters. The summed E-state index contributed by atoms with van der Waals surface area (Å²) in [5, 5.41) is 2.36. The van der Waals surface area contributed by atoms with Crippen molar-refractivity contribution in [3.63, 3.8) is 0 Å². The lowest BCUT2D eigenvalue weighted by atomic mass is 10.2. The topological polar surface area (TPSA) is 72.2 Å². The second kappa shape index (κ2) is 7.79. The van der Waals surface area contributed by atoms with Crippen LogP contribution in [0.1, 0.15) is 40.5 Å². The van der Waals surface area contributed by atoms with Crippen LogP contribution in [0.15, 0.2) is 0 Å². The highest BCUT2D eigenvalue weighted by atomic mass is 32.2. The van der Waals surface area contributed by atoms with Crippen molar-refractivity contribution in [2.75, 3.05) is 6.54 Å². The van der Waals surface area contributed by atoms with E-state index in [0.717, 1.165) is 6.42 Å². The maximum atomic E-state index is 11.9. The van der Waals surface area contributed by atoms with Gasteiger partial charge >= 0.3 is 0 Å². The molecule has 0 fully saturated rings. The minimum absolute atomic E-state index is 0.0253. The largest absolute Gasteiger partial charge is 0.353 e. The molecule has 0 heterocycles. The first kappa shape index (κ1) is 15.6. The fraction of sp³-hybridized carbons (Fsp3) is 0.909. The summed E-state index contributed by atoms with van der Waals surface area (Å²) in [6, 6.07) is 0.136. The quantitative estimate of drug-likeness (QED) is 0.699. The Morgan fingerprint density at radius 2 is 1.94 bits per heavy atom. The molecule has 0 aromatic heterocycles. The Morgan fingerprint density at radius 1 is 1.38 bits per heavy atom. The number of nitrogens with one attached hydrogen (secondary N) is 1. The third-order valence-corrected chi connectivity index (χ3v) is 4.63. The van der Waals surface area contributed by atoms with Crippen molar-refractivity contribution in [2.45, 2.75) is 57.1 Å². The summed E-state index contributed by atoms with van der Waals surface area (Å²) in [6.07, 6.45) is 1.57. The van der Waals surface area contributed by atoms with E-state index in [4.69, 9.17) is 5.73 Å². The van der Waals surface area contributed by atoms with Crippen LogP contribution in [0.2, 0.25) is 0 Å². The third kappa shape index (κ3) is 5.07.